The fourth-order valence-electron chi connectivity index (χ4n) is 2.55. The van der Waals surface area contributed by atoms with Crippen molar-refractivity contribution < 1.29 is 0 Å². The van der Waals surface area contributed by atoms with Crippen molar-refractivity contribution in [2.24, 2.45) is 5.92 Å². The molecule has 18 heavy (non-hydrogen) atoms. The van der Waals surface area contributed by atoms with Crippen LogP contribution >= 0.6 is 0 Å². The third-order valence-corrected chi connectivity index (χ3v) is 3.34. The molecule has 0 unspecified atom stereocenters. The molecule has 4 nitrogen and oxygen atoms in total. The summed E-state index contributed by atoms with van der Waals surface area (Å²) in [5.41, 5.74) is 0.451. The first-order chi connectivity index (χ1) is 8.70. The Morgan fingerprint density at radius 2 is 2.17 bits per heavy atom. The largest absolute Gasteiger partial charge is 0.338 e. The van der Waals surface area contributed by atoms with Gasteiger partial charge in [-0.2, -0.15) is 5.26 Å². The molecule has 1 saturated carbocycles. The van der Waals surface area contributed by atoms with Gasteiger partial charge >= 0.3 is 0 Å². The van der Waals surface area contributed by atoms with Crippen molar-refractivity contribution in [1.29, 1.82) is 5.26 Å². The van der Waals surface area contributed by atoms with E-state index in [4.69, 9.17) is 5.26 Å². The van der Waals surface area contributed by atoms with Gasteiger partial charge in [-0.3, -0.25) is 0 Å². The van der Waals surface area contributed by atoms with Crippen LogP contribution in [0.25, 0.3) is 0 Å². The van der Waals surface area contributed by atoms with Crippen molar-refractivity contribution in [3.05, 3.63) is 18.0 Å². The molecule has 0 amide bonds. The van der Waals surface area contributed by atoms with Crippen molar-refractivity contribution >= 4 is 5.95 Å². The average molecular weight is 244 g/mol. The predicted octanol–water partition coefficient (Wildman–Crippen LogP) is 2.75. The van der Waals surface area contributed by atoms with E-state index in [-0.39, 0.29) is 0 Å². The molecule has 1 aliphatic rings. The van der Waals surface area contributed by atoms with Crippen molar-refractivity contribution in [2.45, 2.75) is 45.6 Å². The zero-order valence-corrected chi connectivity index (χ0v) is 11.1. The average Bonchev–Trinajstić information content (AvgIpc) is 2.89. The molecule has 2 rings (SSSR count). The molecule has 0 N–H and O–H groups in total. The molecular formula is C14H20N4. The molecule has 1 fully saturated rings. The lowest BCUT2D eigenvalue weighted by atomic mass is 10.1. The Kier molecular flexibility index (Phi) is 4.14. The highest BCUT2D eigenvalue weighted by Gasteiger charge is 2.25. The highest BCUT2D eigenvalue weighted by Crippen LogP contribution is 2.27. The van der Waals surface area contributed by atoms with Crippen LogP contribution in [0, 0.1) is 17.2 Å². The Morgan fingerprint density at radius 3 is 2.78 bits per heavy atom. The van der Waals surface area contributed by atoms with E-state index in [0.29, 0.717) is 17.7 Å². The maximum absolute atomic E-state index is 8.93. The fraction of sp³-hybridized carbons (Fsp3) is 0.643. The van der Waals surface area contributed by atoms with Crippen molar-refractivity contribution in [1.82, 2.24) is 9.97 Å². The maximum atomic E-state index is 8.93. The highest BCUT2D eigenvalue weighted by molar-refractivity contribution is 5.35. The minimum atomic E-state index is 0.451. The highest BCUT2D eigenvalue weighted by atomic mass is 15.3. The van der Waals surface area contributed by atoms with Gasteiger partial charge in [0.25, 0.3) is 0 Å². The van der Waals surface area contributed by atoms with Gasteiger partial charge in [0.1, 0.15) is 11.8 Å². The number of rotatable bonds is 4. The topological polar surface area (TPSA) is 52.8 Å². The van der Waals surface area contributed by atoms with Gasteiger partial charge in [-0.25, -0.2) is 9.97 Å². The Hall–Kier alpha value is -1.63. The summed E-state index contributed by atoms with van der Waals surface area (Å²) in [6, 6.07) is 4.29. The van der Waals surface area contributed by atoms with E-state index >= 15 is 0 Å². The van der Waals surface area contributed by atoms with Crippen LogP contribution in [0.5, 0.6) is 0 Å². The summed E-state index contributed by atoms with van der Waals surface area (Å²) in [7, 11) is 0. The van der Waals surface area contributed by atoms with Crippen LogP contribution in [-0.4, -0.2) is 22.6 Å². The summed E-state index contributed by atoms with van der Waals surface area (Å²) in [5.74, 6) is 1.29. The second kappa shape index (κ2) is 5.81. The zero-order chi connectivity index (χ0) is 13.0. The molecular weight excluding hydrogens is 224 g/mol. The quantitative estimate of drug-likeness (QED) is 0.817. The summed E-state index contributed by atoms with van der Waals surface area (Å²) in [6.07, 6.45) is 6.69. The molecule has 0 aliphatic heterocycles. The molecule has 0 radical (unpaired) electrons. The molecule has 0 atom stereocenters. The van der Waals surface area contributed by atoms with E-state index in [0.717, 1.165) is 12.5 Å². The lowest BCUT2D eigenvalue weighted by Gasteiger charge is -2.30. The Bertz CT molecular complexity index is 430. The number of hydrogen-bond donors (Lipinski definition) is 0. The smallest absolute Gasteiger partial charge is 0.226 e. The van der Waals surface area contributed by atoms with E-state index in [1.54, 1.807) is 12.3 Å². The standard InChI is InChI=1S/C14H20N4/c1-11(2)10-18(13-5-3-4-6-13)14-16-8-7-12(9-15)17-14/h7-8,11,13H,3-6,10H2,1-2H3. The van der Waals surface area contributed by atoms with E-state index in [2.05, 4.69) is 34.8 Å². The van der Waals surface area contributed by atoms with E-state index in [9.17, 15) is 0 Å². The van der Waals surface area contributed by atoms with Crippen LogP contribution in [0.15, 0.2) is 12.3 Å². The third-order valence-electron chi connectivity index (χ3n) is 3.34. The first-order valence-corrected chi connectivity index (χ1v) is 6.70. The molecule has 1 aliphatic carbocycles. The van der Waals surface area contributed by atoms with Crippen molar-refractivity contribution in [2.75, 3.05) is 11.4 Å². The lowest BCUT2D eigenvalue weighted by molar-refractivity contribution is 0.525. The summed E-state index contributed by atoms with van der Waals surface area (Å²) in [4.78, 5) is 11.0. The summed E-state index contributed by atoms with van der Waals surface area (Å²) in [5, 5.41) is 8.93. The van der Waals surface area contributed by atoms with Crippen LogP contribution < -0.4 is 4.90 Å². The van der Waals surface area contributed by atoms with Crippen molar-refractivity contribution in [3.8, 4) is 6.07 Å². The van der Waals surface area contributed by atoms with Gasteiger partial charge in [0.2, 0.25) is 5.95 Å². The van der Waals surface area contributed by atoms with Crippen LogP contribution in [0.3, 0.4) is 0 Å². The van der Waals surface area contributed by atoms with Gasteiger partial charge in [0.05, 0.1) is 0 Å². The number of nitriles is 1. The fourth-order valence-corrected chi connectivity index (χ4v) is 2.55. The minimum absolute atomic E-state index is 0.451. The maximum Gasteiger partial charge on any atom is 0.226 e. The first kappa shape index (κ1) is 12.8. The molecule has 1 heterocycles. The van der Waals surface area contributed by atoms with Crippen LogP contribution in [0.2, 0.25) is 0 Å². The summed E-state index contributed by atoms with van der Waals surface area (Å²) in [6.45, 7) is 5.37. The number of nitrogens with zero attached hydrogens (tertiary/aromatic N) is 4. The lowest BCUT2D eigenvalue weighted by Crippen LogP contribution is -2.37. The Morgan fingerprint density at radius 1 is 1.44 bits per heavy atom. The zero-order valence-electron chi connectivity index (χ0n) is 11.1. The van der Waals surface area contributed by atoms with Gasteiger partial charge in [0, 0.05) is 18.8 Å². The normalized spacial score (nSPS) is 15.9. The SMILES string of the molecule is CC(C)CN(c1nccc(C#N)n1)C1CCCC1. The summed E-state index contributed by atoms with van der Waals surface area (Å²) >= 11 is 0. The van der Waals surface area contributed by atoms with Gasteiger partial charge in [-0.05, 0) is 24.8 Å². The van der Waals surface area contributed by atoms with Gasteiger partial charge < -0.3 is 4.90 Å². The number of anilines is 1. The molecule has 1 aromatic heterocycles. The number of aromatic nitrogens is 2. The number of hydrogen-bond acceptors (Lipinski definition) is 4. The second-order valence-corrected chi connectivity index (χ2v) is 5.34. The third kappa shape index (κ3) is 2.98. The van der Waals surface area contributed by atoms with Gasteiger partial charge in [-0.1, -0.05) is 26.7 Å². The predicted molar refractivity (Wildman–Crippen MR) is 71.2 cm³/mol. The van der Waals surface area contributed by atoms with Gasteiger partial charge in [-0.15, -0.1) is 0 Å². The molecule has 0 aromatic carbocycles. The monoisotopic (exact) mass is 244 g/mol. The summed E-state index contributed by atoms with van der Waals surface area (Å²) < 4.78 is 0. The van der Waals surface area contributed by atoms with Gasteiger partial charge in [0.15, 0.2) is 0 Å². The van der Waals surface area contributed by atoms with Crippen LogP contribution in [0.4, 0.5) is 5.95 Å². The molecule has 0 saturated heterocycles. The first-order valence-electron chi connectivity index (χ1n) is 6.70. The molecule has 0 bridgehead atoms. The molecule has 1 aromatic rings. The van der Waals surface area contributed by atoms with Crippen LogP contribution in [0.1, 0.15) is 45.2 Å². The molecule has 0 spiro atoms. The molecule has 96 valence electrons. The van der Waals surface area contributed by atoms with E-state index in [1.807, 2.05) is 0 Å². The Balaban J connectivity index is 2.23. The van der Waals surface area contributed by atoms with Crippen molar-refractivity contribution in [3.63, 3.8) is 0 Å². The second-order valence-electron chi connectivity index (χ2n) is 5.34. The molecule has 4 heteroatoms. The minimum Gasteiger partial charge on any atom is -0.338 e. The Labute approximate surface area is 109 Å². The van der Waals surface area contributed by atoms with E-state index in [1.165, 1.54) is 25.7 Å². The van der Waals surface area contributed by atoms with Crippen LogP contribution in [-0.2, 0) is 0 Å². The van der Waals surface area contributed by atoms with E-state index < -0.39 is 0 Å².